The molecule has 0 atom stereocenters. The maximum Gasteiger partial charge on any atom is 0.306 e. The number of Topliss-reactive ketones (excluding diaryl/α,β-unsaturated/α-hetero) is 1. The van der Waals surface area contributed by atoms with Gasteiger partial charge in [0.2, 0.25) is 5.78 Å². The Morgan fingerprint density at radius 2 is 1.83 bits per heavy atom. The molecule has 0 saturated heterocycles. The molecular formula is C16H10Cl2O5S. The monoisotopic (exact) mass is 384 g/mol. The van der Waals surface area contributed by atoms with Crippen LogP contribution in [0.2, 0.25) is 10.0 Å². The van der Waals surface area contributed by atoms with Crippen molar-refractivity contribution in [1.29, 1.82) is 0 Å². The molecule has 0 bridgehead atoms. The van der Waals surface area contributed by atoms with Crippen LogP contribution < -0.4 is 8.92 Å². The zero-order chi connectivity index (χ0) is 17.5. The van der Waals surface area contributed by atoms with Gasteiger partial charge in [-0.15, -0.1) is 0 Å². The molecule has 3 rings (SSSR count). The summed E-state index contributed by atoms with van der Waals surface area (Å²) >= 11 is 11.8. The van der Waals surface area contributed by atoms with Gasteiger partial charge in [0.05, 0.1) is 21.9 Å². The normalized spacial score (nSPS) is 15.3. The fraction of sp³-hybridized carbons (Fsp3) is 0.0625. The molecule has 5 nitrogen and oxygen atoms in total. The molecule has 0 amide bonds. The number of allylic oxidation sites excluding steroid dienone is 1. The van der Waals surface area contributed by atoms with E-state index in [1.165, 1.54) is 24.3 Å². The first-order valence-electron chi connectivity index (χ1n) is 6.66. The van der Waals surface area contributed by atoms with Crippen molar-refractivity contribution >= 4 is 45.2 Å². The molecule has 0 radical (unpaired) electrons. The van der Waals surface area contributed by atoms with Gasteiger partial charge in [0, 0.05) is 6.07 Å². The first kappa shape index (κ1) is 16.8. The zero-order valence-corrected chi connectivity index (χ0v) is 14.6. The van der Waals surface area contributed by atoms with E-state index in [1.807, 2.05) is 0 Å². The molecule has 1 aliphatic heterocycles. The number of halogens is 2. The predicted octanol–water partition coefficient (Wildman–Crippen LogP) is 3.95. The van der Waals surface area contributed by atoms with Crippen LogP contribution in [0.3, 0.4) is 0 Å². The first-order chi connectivity index (χ1) is 11.2. The van der Waals surface area contributed by atoms with Gasteiger partial charge in [-0.1, -0.05) is 29.3 Å². The number of hydrogen-bond donors (Lipinski definition) is 0. The lowest BCUT2D eigenvalue weighted by molar-refractivity contribution is 0.101. The zero-order valence-electron chi connectivity index (χ0n) is 12.2. The minimum absolute atomic E-state index is 0.0693. The Labute approximate surface area is 148 Å². The topological polar surface area (TPSA) is 69.7 Å². The van der Waals surface area contributed by atoms with E-state index in [-0.39, 0.29) is 23.0 Å². The van der Waals surface area contributed by atoms with Crippen molar-refractivity contribution in [2.24, 2.45) is 0 Å². The van der Waals surface area contributed by atoms with E-state index >= 15 is 0 Å². The van der Waals surface area contributed by atoms with Gasteiger partial charge in [0.1, 0.15) is 11.5 Å². The smallest absolute Gasteiger partial charge is 0.306 e. The Morgan fingerprint density at radius 1 is 1.08 bits per heavy atom. The number of rotatable bonds is 3. The average Bonchev–Trinajstić information content (AvgIpc) is 2.77. The molecule has 1 aliphatic rings. The lowest BCUT2D eigenvalue weighted by atomic mass is 10.1. The molecule has 24 heavy (non-hydrogen) atoms. The van der Waals surface area contributed by atoms with Crippen LogP contribution in [0, 0.1) is 0 Å². The average molecular weight is 385 g/mol. The van der Waals surface area contributed by atoms with Gasteiger partial charge in [-0.05, 0) is 35.9 Å². The van der Waals surface area contributed by atoms with Crippen molar-refractivity contribution in [3.8, 4) is 11.5 Å². The summed E-state index contributed by atoms with van der Waals surface area (Å²) in [5.41, 5.74) is 0.968. The van der Waals surface area contributed by atoms with E-state index in [4.69, 9.17) is 32.1 Å². The Kier molecular flexibility index (Phi) is 4.29. The molecule has 124 valence electrons. The van der Waals surface area contributed by atoms with Crippen LogP contribution in [0.4, 0.5) is 0 Å². The maximum atomic E-state index is 12.3. The molecular weight excluding hydrogens is 375 g/mol. The van der Waals surface area contributed by atoms with Gasteiger partial charge in [-0.3, -0.25) is 4.79 Å². The highest BCUT2D eigenvalue weighted by Gasteiger charge is 2.28. The summed E-state index contributed by atoms with van der Waals surface area (Å²) < 4.78 is 32.6. The Hall–Kier alpha value is -2.02. The molecule has 2 aromatic rings. The number of benzene rings is 2. The third-order valence-corrected chi connectivity index (χ3v) is 4.36. The second-order valence-electron chi connectivity index (χ2n) is 5.06. The first-order valence-corrected chi connectivity index (χ1v) is 9.23. The molecule has 0 spiro atoms. The summed E-state index contributed by atoms with van der Waals surface area (Å²) in [5.74, 6) is 0.0779. The van der Waals surface area contributed by atoms with E-state index in [2.05, 4.69) is 0 Å². The van der Waals surface area contributed by atoms with Crippen LogP contribution in [-0.4, -0.2) is 20.5 Å². The van der Waals surface area contributed by atoms with E-state index in [0.717, 1.165) is 6.26 Å². The summed E-state index contributed by atoms with van der Waals surface area (Å²) in [6, 6.07) is 9.11. The summed E-state index contributed by atoms with van der Waals surface area (Å²) in [5, 5.41) is 0.765. The van der Waals surface area contributed by atoms with Crippen LogP contribution in [0.1, 0.15) is 15.9 Å². The predicted molar refractivity (Wildman–Crippen MR) is 91.3 cm³/mol. The standard InChI is InChI=1S/C16H10Cl2O5S/c1-24(20,21)23-10-3-4-11-14(8-10)22-15(16(11)19)7-9-2-5-12(17)13(18)6-9/h2-8H,1H3/b15-7-. The van der Waals surface area contributed by atoms with E-state index in [9.17, 15) is 13.2 Å². The van der Waals surface area contributed by atoms with E-state index in [1.54, 1.807) is 18.2 Å². The largest absolute Gasteiger partial charge is 0.452 e. The van der Waals surface area contributed by atoms with Gasteiger partial charge >= 0.3 is 10.1 Å². The van der Waals surface area contributed by atoms with Gasteiger partial charge in [0.15, 0.2) is 5.76 Å². The van der Waals surface area contributed by atoms with Gasteiger partial charge in [0.25, 0.3) is 0 Å². The number of hydrogen-bond acceptors (Lipinski definition) is 5. The van der Waals surface area contributed by atoms with Gasteiger partial charge in [-0.2, -0.15) is 8.42 Å². The van der Waals surface area contributed by atoms with Crippen LogP contribution in [0.15, 0.2) is 42.2 Å². The maximum absolute atomic E-state index is 12.3. The third-order valence-electron chi connectivity index (χ3n) is 3.13. The summed E-state index contributed by atoms with van der Waals surface area (Å²) in [7, 11) is -3.66. The second-order valence-corrected chi connectivity index (χ2v) is 7.45. The van der Waals surface area contributed by atoms with Crippen LogP contribution in [-0.2, 0) is 10.1 Å². The number of fused-ring (bicyclic) bond motifs is 1. The fourth-order valence-corrected chi connectivity index (χ4v) is 2.91. The number of carbonyl (C=O) groups is 1. The molecule has 8 heteroatoms. The van der Waals surface area contributed by atoms with E-state index < -0.39 is 10.1 Å². The van der Waals surface area contributed by atoms with Gasteiger partial charge < -0.3 is 8.92 Å². The number of carbonyl (C=O) groups excluding carboxylic acids is 1. The molecule has 2 aromatic carbocycles. The summed E-state index contributed by atoms with van der Waals surface area (Å²) in [6.45, 7) is 0. The van der Waals surface area contributed by atoms with Crippen molar-refractivity contribution < 1.29 is 22.1 Å². The number of ketones is 1. The minimum atomic E-state index is -3.66. The van der Waals surface area contributed by atoms with Crippen LogP contribution in [0.25, 0.3) is 6.08 Å². The number of ether oxygens (including phenoxy) is 1. The molecule has 1 heterocycles. The van der Waals surface area contributed by atoms with Crippen molar-refractivity contribution in [1.82, 2.24) is 0 Å². The molecule has 0 unspecified atom stereocenters. The lowest BCUT2D eigenvalue weighted by Crippen LogP contribution is -2.05. The molecule has 0 aromatic heterocycles. The van der Waals surface area contributed by atoms with Crippen molar-refractivity contribution in [2.75, 3.05) is 6.26 Å². The quantitative estimate of drug-likeness (QED) is 0.591. The van der Waals surface area contributed by atoms with Crippen LogP contribution in [0.5, 0.6) is 11.5 Å². The Bertz CT molecular complexity index is 980. The summed E-state index contributed by atoms with van der Waals surface area (Å²) in [4.78, 5) is 12.3. The lowest BCUT2D eigenvalue weighted by Gasteiger charge is -2.04. The van der Waals surface area contributed by atoms with Gasteiger partial charge in [-0.25, -0.2) is 0 Å². The fourth-order valence-electron chi connectivity index (χ4n) is 2.15. The Balaban J connectivity index is 1.92. The highest BCUT2D eigenvalue weighted by Crippen LogP contribution is 2.35. The Morgan fingerprint density at radius 3 is 2.50 bits per heavy atom. The van der Waals surface area contributed by atoms with Crippen molar-refractivity contribution in [3.63, 3.8) is 0 Å². The highest BCUT2D eigenvalue weighted by molar-refractivity contribution is 7.86. The SMILES string of the molecule is CS(=O)(=O)Oc1ccc2c(c1)O/C(=C\c1ccc(Cl)c(Cl)c1)C2=O. The minimum Gasteiger partial charge on any atom is -0.452 e. The molecule has 0 saturated carbocycles. The van der Waals surface area contributed by atoms with Crippen molar-refractivity contribution in [2.45, 2.75) is 0 Å². The van der Waals surface area contributed by atoms with Crippen molar-refractivity contribution in [3.05, 3.63) is 63.3 Å². The highest BCUT2D eigenvalue weighted by atomic mass is 35.5. The van der Waals surface area contributed by atoms with E-state index in [0.29, 0.717) is 21.2 Å². The molecule has 0 fully saturated rings. The third kappa shape index (κ3) is 3.56. The van der Waals surface area contributed by atoms with Crippen LogP contribution >= 0.6 is 23.2 Å². The summed E-state index contributed by atoms with van der Waals surface area (Å²) in [6.07, 6.45) is 2.46. The molecule has 0 N–H and O–H groups in total. The second kappa shape index (κ2) is 6.12. The molecule has 0 aliphatic carbocycles.